The van der Waals surface area contributed by atoms with Crippen LogP contribution in [-0.4, -0.2) is 5.91 Å². The Balaban J connectivity index is 1.82. The average molecular weight is 356 g/mol. The molecule has 0 fully saturated rings. The van der Waals surface area contributed by atoms with Gasteiger partial charge in [0.25, 0.3) is 5.91 Å². The Morgan fingerprint density at radius 3 is 2.64 bits per heavy atom. The molecule has 0 saturated carbocycles. The van der Waals surface area contributed by atoms with Gasteiger partial charge in [0.15, 0.2) is 5.58 Å². The van der Waals surface area contributed by atoms with Gasteiger partial charge in [0.1, 0.15) is 5.56 Å². The number of rotatable bonds is 5. The number of hydrogen-bond donors (Lipinski definition) is 1. The Hall–Kier alpha value is -2.59. The summed E-state index contributed by atoms with van der Waals surface area (Å²) < 4.78 is 5.20. The average Bonchev–Trinajstić information content (AvgIpc) is 2.61. The monoisotopic (exact) mass is 355 g/mol. The molecule has 0 spiro atoms. The molecule has 3 aromatic rings. The summed E-state index contributed by atoms with van der Waals surface area (Å²) in [6.07, 6.45) is 3.28. The van der Waals surface area contributed by atoms with E-state index < -0.39 is 11.5 Å². The van der Waals surface area contributed by atoms with E-state index in [9.17, 15) is 9.59 Å². The largest absolute Gasteiger partial charge is 0.421 e. The second kappa shape index (κ2) is 7.53. The number of aryl methyl sites for hydroxylation is 1. The van der Waals surface area contributed by atoms with Crippen molar-refractivity contribution in [2.24, 2.45) is 0 Å². The lowest BCUT2D eigenvalue weighted by molar-refractivity contribution is 0.102. The zero-order chi connectivity index (χ0) is 17.8. The van der Waals surface area contributed by atoms with Crippen LogP contribution in [0.1, 0.15) is 35.7 Å². The lowest BCUT2D eigenvalue weighted by Crippen LogP contribution is -2.20. The predicted molar refractivity (Wildman–Crippen MR) is 101 cm³/mol. The number of nitrogens with one attached hydrogen (secondary N) is 1. The van der Waals surface area contributed by atoms with E-state index in [4.69, 9.17) is 16.0 Å². The first-order valence-electron chi connectivity index (χ1n) is 8.21. The molecule has 0 aliphatic rings. The molecule has 5 heteroatoms. The maximum Gasteiger partial charge on any atom is 0.349 e. The lowest BCUT2D eigenvalue weighted by Gasteiger charge is -2.07. The van der Waals surface area contributed by atoms with E-state index in [1.54, 1.807) is 18.2 Å². The van der Waals surface area contributed by atoms with Crippen molar-refractivity contribution in [3.05, 3.63) is 75.1 Å². The maximum absolute atomic E-state index is 12.4. The van der Waals surface area contributed by atoms with Gasteiger partial charge in [-0.1, -0.05) is 49.2 Å². The van der Waals surface area contributed by atoms with Crippen LogP contribution in [0.4, 0.5) is 5.69 Å². The highest BCUT2D eigenvalue weighted by Crippen LogP contribution is 2.22. The van der Waals surface area contributed by atoms with E-state index in [-0.39, 0.29) is 11.1 Å². The standard InChI is InChI=1S/C20H18ClNO3/c1-2-3-5-13-8-10-15(11-9-13)22-19(23)16-12-14-6-4-7-17(21)18(14)25-20(16)24/h4,6-12H,2-3,5H2,1H3,(H,22,23). The molecule has 1 amide bonds. The minimum Gasteiger partial charge on any atom is -0.421 e. The molecule has 2 aromatic carbocycles. The molecule has 25 heavy (non-hydrogen) atoms. The van der Waals surface area contributed by atoms with Gasteiger partial charge in [-0.25, -0.2) is 4.79 Å². The van der Waals surface area contributed by atoms with Crippen LogP contribution in [0.3, 0.4) is 0 Å². The highest BCUT2D eigenvalue weighted by molar-refractivity contribution is 6.34. The van der Waals surface area contributed by atoms with E-state index in [1.165, 1.54) is 11.6 Å². The van der Waals surface area contributed by atoms with Crippen LogP contribution in [-0.2, 0) is 6.42 Å². The zero-order valence-corrected chi connectivity index (χ0v) is 14.6. The molecule has 0 aliphatic carbocycles. The SMILES string of the molecule is CCCCc1ccc(NC(=O)c2cc3cccc(Cl)c3oc2=O)cc1. The molecule has 0 unspecified atom stereocenters. The van der Waals surface area contributed by atoms with E-state index >= 15 is 0 Å². The summed E-state index contributed by atoms with van der Waals surface area (Å²) in [5, 5.41) is 3.67. The summed E-state index contributed by atoms with van der Waals surface area (Å²) in [5.41, 5.74) is 1.38. The number of benzene rings is 2. The molecule has 1 aromatic heterocycles. The van der Waals surface area contributed by atoms with Gasteiger partial charge < -0.3 is 9.73 Å². The van der Waals surface area contributed by atoms with Crippen molar-refractivity contribution in [3.8, 4) is 0 Å². The zero-order valence-electron chi connectivity index (χ0n) is 13.8. The first-order chi connectivity index (χ1) is 12.1. The fourth-order valence-corrected chi connectivity index (χ4v) is 2.82. The number of halogens is 1. The predicted octanol–water partition coefficient (Wildman–Crippen LogP) is 5.04. The van der Waals surface area contributed by atoms with Gasteiger partial charge in [0.05, 0.1) is 5.02 Å². The molecule has 1 heterocycles. The van der Waals surface area contributed by atoms with Crippen LogP contribution in [0, 0.1) is 0 Å². The fourth-order valence-electron chi connectivity index (χ4n) is 2.60. The van der Waals surface area contributed by atoms with E-state index in [0.717, 1.165) is 19.3 Å². The van der Waals surface area contributed by atoms with Crippen molar-refractivity contribution in [1.29, 1.82) is 0 Å². The number of hydrogen-bond acceptors (Lipinski definition) is 3. The van der Waals surface area contributed by atoms with Crippen LogP contribution in [0.5, 0.6) is 0 Å². The Morgan fingerprint density at radius 1 is 1.16 bits per heavy atom. The number of unbranched alkanes of at least 4 members (excludes halogenated alkanes) is 1. The minimum absolute atomic E-state index is 0.0511. The molecule has 128 valence electrons. The molecular formula is C20H18ClNO3. The van der Waals surface area contributed by atoms with Crippen LogP contribution < -0.4 is 10.9 Å². The molecule has 0 bridgehead atoms. The second-order valence-electron chi connectivity index (χ2n) is 5.86. The third-order valence-corrected chi connectivity index (χ3v) is 4.29. The summed E-state index contributed by atoms with van der Waals surface area (Å²) in [5.74, 6) is -0.503. The lowest BCUT2D eigenvalue weighted by atomic mass is 10.1. The molecule has 0 saturated heterocycles. The Kier molecular flexibility index (Phi) is 5.19. The number of para-hydroxylation sites is 1. The summed E-state index contributed by atoms with van der Waals surface area (Å²) in [4.78, 5) is 24.5. The van der Waals surface area contributed by atoms with Crippen molar-refractivity contribution >= 4 is 34.2 Å². The van der Waals surface area contributed by atoms with Crippen LogP contribution in [0.15, 0.2) is 57.7 Å². The van der Waals surface area contributed by atoms with Gasteiger partial charge in [-0.15, -0.1) is 0 Å². The molecular weight excluding hydrogens is 338 g/mol. The topological polar surface area (TPSA) is 59.3 Å². The quantitative estimate of drug-likeness (QED) is 0.652. The van der Waals surface area contributed by atoms with Crippen LogP contribution >= 0.6 is 11.6 Å². The van der Waals surface area contributed by atoms with Crippen molar-refractivity contribution in [3.63, 3.8) is 0 Å². The molecule has 0 aliphatic heterocycles. The minimum atomic E-state index is -0.710. The van der Waals surface area contributed by atoms with Gasteiger partial charge in [0, 0.05) is 11.1 Å². The summed E-state index contributed by atoms with van der Waals surface area (Å²) >= 11 is 6.01. The van der Waals surface area contributed by atoms with Crippen molar-refractivity contribution in [2.75, 3.05) is 5.32 Å². The van der Waals surface area contributed by atoms with Crippen molar-refractivity contribution in [1.82, 2.24) is 0 Å². The molecule has 0 atom stereocenters. The fraction of sp³-hybridized carbons (Fsp3) is 0.200. The Labute approximate surface area is 150 Å². The van der Waals surface area contributed by atoms with E-state index in [0.29, 0.717) is 16.1 Å². The molecule has 4 nitrogen and oxygen atoms in total. The Bertz CT molecular complexity index is 961. The van der Waals surface area contributed by atoms with Gasteiger partial charge in [-0.3, -0.25) is 4.79 Å². The van der Waals surface area contributed by atoms with Crippen LogP contribution in [0.2, 0.25) is 5.02 Å². The van der Waals surface area contributed by atoms with Crippen molar-refractivity contribution < 1.29 is 9.21 Å². The summed E-state index contributed by atoms with van der Waals surface area (Å²) in [7, 11) is 0. The highest BCUT2D eigenvalue weighted by atomic mass is 35.5. The second-order valence-corrected chi connectivity index (χ2v) is 6.27. The maximum atomic E-state index is 12.4. The molecule has 0 radical (unpaired) electrons. The summed E-state index contributed by atoms with van der Waals surface area (Å²) in [6.45, 7) is 2.15. The number of anilines is 1. The first kappa shape index (κ1) is 17.2. The van der Waals surface area contributed by atoms with Gasteiger partial charge in [-0.05, 0) is 42.7 Å². The smallest absolute Gasteiger partial charge is 0.349 e. The van der Waals surface area contributed by atoms with Gasteiger partial charge in [0.2, 0.25) is 0 Å². The normalized spacial score (nSPS) is 10.8. The van der Waals surface area contributed by atoms with Crippen molar-refractivity contribution in [2.45, 2.75) is 26.2 Å². The number of carbonyl (C=O) groups is 1. The number of carbonyl (C=O) groups excluding carboxylic acids is 1. The molecule has 3 rings (SSSR count). The van der Waals surface area contributed by atoms with E-state index in [1.807, 2.05) is 24.3 Å². The van der Waals surface area contributed by atoms with Gasteiger partial charge >= 0.3 is 5.63 Å². The van der Waals surface area contributed by atoms with Gasteiger partial charge in [-0.2, -0.15) is 0 Å². The number of amides is 1. The van der Waals surface area contributed by atoms with E-state index in [2.05, 4.69) is 12.2 Å². The summed E-state index contributed by atoms with van der Waals surface area (Å²) in [6, 6.07) is 14.2. The highest BCUT2D eigenvalue weighted by Gasteiger charge is 2.15. The number of fused-ring (bicyclic) bond motifs is 1. The first-order valence-corrected chi connectivity index (χ1v) is 8.59. The van der Waals surface area contributed by atoms with Crippen LogP contribution in [0.25, 0.3) is 11.0 Å². The Morgan fingerprint density at radius 2 is 1.92 bits per heavy atom. The third-order valence-electron chi connectivity index (χ3n) is 3.99. The third kappa shape index (κ3) is 3.91. The molecule has 1 N–H and O–H groups in total.